The van der Waals surface area contributed by atoms with Crippen molar-refractivity contribution in [1.29, 1.82) is 0 Å². The number of rotatable bonds is 4. The molecule has 1 aromatic heterocycles. The average Bonchev–Trinajstić information content (AvgIpc) is 2.92. The second kappa shape index (κ2) is 6.35. The number of benzene rings is 1. The fraction of sp³-hybridized carbons (Fsp3) is 0.438. The van der Waals surface area contributed by atoms with Crippen LogP contribution in [0.25, 0.3) is 10.9 Å². The zero-order chi connectivity index (χ0) is 17.3. The maximum atomic E-state index is 12.6. The number of sulfone groups is 1. The molecule has 1 saturated heterocycles. The van der Waals surface area contributed by atoms with Gasteiger partial charge < -0.3 is 9.88 Å². The van der Waals surface area contributed by atoms with Gasteiger partial charge in [0.2, 0.25) is 5.91 Å². The minimum atomic E-state index is -3.11. The molecule has 1 aromatic carbocycles. The van der Waals surface area contributed by atoms with Crippen molar-refractivity contribution in [3.63, 3.8) is 0 Å². The van der Waals surface area contributed by atoms with Crippen LogP contribution in [0.5, 0.6) is 0 Å². The van der Waals surface area contributed by atoms with Crippen LogP contribution in [0.1, 0.15) is 19.2 Å². The second-order valence-electron chi connectivity index (χ2n) is 5.98. The standard InChI is InChI=1S/C16H19N3O4S/c1-2-19(16(21)11-7-8-24(22,23)10-11)9-14-17-13-6-4-3-5-12(13)15(20)18-14/h3-6,11H,2,7-10H2,1H3,(H,17,18,20)/t11-/m1/s1. The molecule has 128 valence electrons. The van der Waals surface area contributed by atoms with Crippen LogP contribution in [0.3, 0.4) is 0 Å². The number of H-pyrrole nitrogens is 1. The molecular formula is C16H19N3O4S. The van der Waals surface area contributed by atoms with Crippen LogP contribution in [0.15, 0.2) is 29.1 Å². The molecule has 3 rings (SSSR count). The van der Waals surface area contributed by atoms with Gasteiger partial charge in [0.15, 0.2) is 9.84 Å². The Balaban J connectivity index is 1.83. The van der Waals surface area contributed by atoms with Crippen LogP contribution in [-0.4, -0.2) is 47.2 Å². The molecule has 2 aromatic rings. The molecule has 1 fully saturated rings. The Morgan fingerprint density at radius 1 is 1.38 bits per heavy atom. The van der Waals surface area contributed by atoms with Gasteiger partial charge in [-0.05, 0) is 25.5 Å². The van der Waals surface area contributed by atoms with Crippen LogP contribution < -0.4 is 5.56 Å². The fourth-order valence-corrected chi connectivity index (χ4v) is 4.72. The molecule has 7 nitrogen and oxygen atoms in total. The maximum Gasteiger partial charge on any atom is 0.258 e. The van der Waals surface area contributed by atoms with Crippen molar-refractivity contribution in [1.82, 2.24) is 14.9 Å². The Morgan fingerprint density at radius 2 is 2.12 bits per heavy atom. The lowest BCUT2D eigenvalue weighted by Crippen LogP contribution is -2.37. The van der Waals surface area contributed by atoms with E-state index in [-0.39, 0.29) is 29.5 Å². The van der Waals surface area contributed by atoms with Gasteiger partial charge in [0.25, 0.3) is 5.56 Å². The van der Waals surface area contributed by atoms with E-state index in [4.69, 9.17) is 0 Å². The van der Waals surface area contributed by atoms with E-state index in [0.29, 0.717) is 29.7 Å². The van der Waals surface area contributed by atoms with Crippen molar-refractivity contribution in [2.24, 2.45) is 5.92 Å². The van der Waals surface area contributed by atoms with Gasteiger partial charge >= 0.3 is 0 Å². The van der Waals surface area contributed by atoms with E-state index in [0.717, 1.165) is 0 Å². The number of nitrogens with one attached hydrogen (secondary N) is 1. The zero-order valence-corrected chi connectivity index (χ0v) is 14.2. The van der Waals surface area contributed by atoms with Crippen molar-refractivity contribution < 1.29 is 13.2 Å². The van der Waals surface area contributed by atoms with E-state index in [1.54, 1.807) is 29.2 Å². The number of aromatic amines is 1. The van der Waals surface area contributed by atoms with Crippen molar-refractivity contribution in [2.75, 3.05) is 18.1 Å². The third-order valence-corrected chi connectivity index (χ3v) is 6.05. The first-order chi connectivity index (χ1) is 11.4. The van der Waals surface area contributed by atoms with E-state index in [1.807, 2.05) is 6.92 Å². The van der Waals surface area contributed by atoms with E-state index in [2.05, 4.69) is 9.97 Å². The lowest BCUT2D eigenvalue weighted by Gasteiger charge is -2.23. The van der Waals surface area contributed by atoms with Gasteiger partial charge in [-0.15, -0.1) is 0 Å². The van der Waals surface area contributed by atoms with Gasteiger partial charge in [0.05, 0.1) is 34.9 Å². The van der Waals surface area contributed by atoms with Gasteiger partial charge in [-0.3, -0.25) is 9.59 Å². The van der Waals surface area contributed by atoms with E-state index in [9.17, 15) is 18.0 Å². The number of fused-ring (bicyclic) bond motifs is 1. The highest BCUT2D eigenvalue weighted by atomic mass is 32.2. The molecule has 2 heterocycles. The highest BCUT2D eigenvalue weighted by molar-refractivity contribution is 7.91. The van der Waals surface area contributed by atoms with E-state index < -0.39 is 15.8 Å². The maximum absolute atomic E-state index is 12.6. The number of hydrogen-bond donors (Lipinski definition) is 1. The van der Waals surface area contributed by atoms with Gasteiger partial charge in [0.1, 0.15) is 5.82 Å². The lowest BCUT2D eigenvalue weighted by molar-refractivity contribution is -0.135. The van der Waals surface area contributed by atoms with Crippen LogP contribution in [0.4, 0.5) is 0 Å². The van der Waals surface area contributed by atoms with Gasteiger partial charge in [-0.1, -0.05) is 12.1 Å². The molecule has 24 heavy (non-hydrogen) atoms. The molecule has 1 amide bonds. The summed E-state index contributed by atoms with van der Waals surface area (Å²) in [6, 6.07) is 7.00. The Labute approximate surface area is 139 Å². The average molecular weight is 349 g/mol. The largest absolute Gasteiger partial charge is 0.335 e. The SMILES string of the molecule is CCN(Cc1nc2ccccc2c(=O)[nH]1)C(=O)[C@@H]1CCS(=O)(=O)C1. The number of nitrogens with zero attached hydrogens (tertiary/aromatic N) is 2. The summed E-state index contributed by atoms with van der Waals surface area (Å²) >= 11 is 0. The molecular weight excluding hydrogens is 330 g/mol. The first-order valence-corrected chi connectivity index (χ1v) is 9.69. The molecule has 1 atom stereocenters. The molecule has 0 bridgehead atoms. The number of hydrogen-bond acceptors (Lipinski definition) is 5. The monoisotopic (exact) mass is 349 g/mol. The molecule has 1 aliphatic rings. The number of carbonyl (C=O) groups excluding carboxylic acids is 1. The third kappa shape index (κ3) is 3.33. The number of aromatic nitrogens is 2. The van der Waals surface area contributed by atoms with Crippen molar-refractivity contribution in [2.45, 2.75) is 19.9 Å². The van der Waals surface area contributed by atoms with Crippen LogP contribution >= 0.6 is 0 Å². The topological polar surface area (TPSA) is 100 Å². The molecule has 0 aliphatic carbocycles. The highest BCUT2D eigenvalue weighted by Crippen LogP contribution is 2.21. The van der Waals surface area contributed by atoms with Gasteiger partial charge in [0, 0.05) is 6.54 Å². The lowest BCUT2D eigenvalue weighted by atomic mass is 10.1. The highest BCUT2D eigenvalue weighted by Gasteiger charge is 2.35. The molecule has 0 radical (unpaired) electrons. The first-order valence-electron chi connectivity index (χ1n) is 7.87. The van der Waals surface area contributed by atoms with Crippen LogP contribution in [0, 0.1) is 5.92 Å². The van der Waals surface area contributed by atoms with E-state index in [1.165, 1.54) is 0 Å². The summed E-state index contributed by atoms with van der Waals surface area (Å²) < 4.78 is 23.2. The summed E-state index contributed by atoms with van der Waals surface area (Å²) in [5.41, 5.74) is 0.325. The van der Waals surface area contributed by atoms with Gasteiger partial charge in [-0.2, -0.15) is 0 Å². The van der Waals surface area contributed by atoms with Crippen molar-refractivity contribution in [3.8, 4) is 0 Å². The number of para-hydroxylation sites is 1. The number of carbonyl (C=O) groups is 1. The van der Waals surface area contributed by atoms with E-state index >= 15 is 0 Å². The molecule has 1 N–H and O–H groups in total. The Kier molecular flexibility index (Phi) is 4.40. The Hall–Kier alpha value is -2.22. The van der Waals surface area contributed by atoms with Gasteiger partial charge in [-0.25, -0.2) is 13.4 Å². The predicted octanol–water partition coefficient (Wildman–Crippen LogP) is 0.706. The quantitative estimate of drug-likeness (QED) is 0.876. The number of amides is 1. The Morgan fingerprint density at radius 3 is 2.79 bits per heavy atom. The molecule has 0 spiro atoms. The molecule has 8 heteroatoms. The van der Waals surface area contributed by atoms with Crippen LogP contribution in [-0.2, 0) is 21.2 Å². The summed E-state index contributed by atoms with van der Waals surface area (Å²) in [5.74, 6) is -0.331. The zero-order valence-electron chi connectivity index (χ0n) is 13.4. The molecule has 1 aliphatic heterocycles. The minimum absolute atomic E-state index is 0.0615. The Bertz CT molecular complexity index is 936. The summed E-state index contributed by atoms with van der Waals surface area (Å²) in [6.45, 7) is 2.40. The van der Waals surface area contributed by atoms with Crippen molar-refractivity contribution in [3.05, 3.63) is 40.4 Å². The molecule has 0 unspecified atom stereocenters. The predicted molar refractivity (Wildman–Crippen MR) is 90.2 cm³/mol. The smallest absolute Gasteiger partial charge is 0.258 e. The first kappa shape index (κ1) is 16.6. The van der Waals surface area contributed by atoms with Crippen LogP contribution in [0.2, 0.25) is 0 Å². The summed E-state index contributed by atoms with van der Waals surface area (Å²) in [5, 5.41) is 0.498. The fourth-order valence-electron chi connectivity index (χ4n) is 2.98. The summed E-state index contributed by atoms with van der Waals surface area (Å²) in [6.07, 6.45) is 0.360. The summed E-state index contributed by atoms with van der Waals surface area (Å²) in [4.78, 5) is 33.3. The van der Waals surface area contributed by atoms with Crippen molar-refractivity contribution >= 4 is 26.6 Å². The normalized spacial score (nSPS) is 19.5. The summed E-state index contributed by atoms with van der Waals surface area (Å²) in [7, 11) is -3.11. The molecule has 0 saturated carbocycles. The third-order valence-electron chi connectivity index (χ3n) is 4.28. The minimum Gasteiger partial charge on any atom is -0.335 e. The second-order valence-corrected chi connectivity index (χ2v) is 8.21.